The smallest absolute Gasteiger partial charge is 0.173 e. The van der Waals surface area contributed by atoms with Crippen molar-refractivity contribution < 1.29 is 14.9 Å². The molecular weight excluding hydrogens is 288 g/mol. The highest BCUT2D eigenvalue weighted by molar-refractivity contribution is 5.37. The van der Waals surface area contributed by atoms with Crippen molar-refractivity contribution in [1.29, 1.82) is 0 Å². The maximum absolute atomic E-state index is 10.9. The molecule has 0 aromatic heterocycles. The molecule has 4 aliphatic rings. The van der Waals surface area contributed by atoms with E-state index in [2.05, 4.69) is 33.8 Å². The minimum Gasteiger partial charge on any atom is -0.389 e. The highest BCUT2D eigenvalue weighted by Gasteiger charge is 2.59. The molecule has 0 unspecified atom stereocenters. The number of aliphatic hydroxyl groups excluding tert-OH is 1. The first kappa shape index (κ1) is 15.9. The standard InChI is InChI=1S/C20H30O3/c1-11(2)17-15-6-5-13-10-23-20(22)7-12(3)14(18(13)20)8-19(15,4)9-16(17)21/h5,11-12,14,16,18,21-22H,6-10H2,1-4H3/b13-5-/t12-,14-,16-,18-,19-,20+/m0/s1. The fraction of sp³-hybridized carbons (Fsp3) is 0.800. The van der Waals surface area contributed by atoms with Crippen molar-refractivity contribution >= 4 is 0 Å². The highest BCUT2D eigenvalue weighted by Crippen LogP contribution is 2.60. The quantitative estimate of drug-likeness (QED) is 0.728. The molecule has 1 heterocycles. The zero-order chi connectivity index (χ0) is 16.6. The van der Waals surface area contributed by atoms with Crippen LogP contribution in [-0.2, 0) is 4.74 Å². The van der Waals surface area contributed by atoms with E-state index in [-0.39, 0.29) is 17.4 Å². The number of fused-ring (bicyclic) bond motifs is 1. The average Bonchev–Trinajstić information content (AvgIpc) is 2.94. The van der Waals surface area contributed by atoms with Gasteiger partial charge in [0.05, 0.1) is 12.7 Å². The molecule has 1 aliphatic heterocycles. The third-order valence-corrected chi connectivity index (χ3v) is 7.10. The summed E-state index contributed by atoms with van der Waals surface area (Å²) in [6.45, 7) is 9.56. The predicted octanol–water partition coefficient (Wildman–Crippen LogP) is 3.42. The summed E-state index contributed by atoms with van der Waals surface area (Å²) in [5.41, 5.74) is 4.08. The molecule has 0 aromatic rings. The summed E-state index contributed by atoms with van der Waals surface area (Å²) in [6, 6.07) is 0. The van der Waals surface area contributed by atoms with E-state index in [0.29, 0.717) is 24.4 Å². The molecule has 3 aliphatic carbocycles. The summed E-state index contributed by atoms with van der Waals surface area (Å²) < 4.78 is 5.83. The van der Waals surface area contributed by atoms with E-state index in [9.17, 15) is 10.2 Å². The van der Waals surface area contributed by atoms with Crippen LogP contribution in [0.1, 0.15) is 53.4 Å². The van der Waals surface area contributed by atoms with Crippen LogP contribution in [0.15, 0.2) is 22.8 Å². The molecule has 0 bridgehead atoms. The van der Waals surface area contributed by atoms with Gasteiger partial charge in [-0.2, -0.15) is 0 Å². The van der Waals surface area contributed by atoms with E-state index in [1.807, 2.05) is 0 Å². The molecule has 0 radical (unpaired) electrons. The number of aliphatic hydroxyl groups is 2. The van der Waals surface area contributed by atoms with Crippen molar-refractivity contribution in [2.45, 2.75) is 65.3 Å². The molecule has 2 N–H and O–H groups in total. The van der Waals surface area contributed by atoms with Crippen LogP contribution < -0.4 is 0 Å². The highest BCUT2D eigenvalue weighted by atomic mass is 16.6. The minimum absolute atomic E-state index is 0.0633. The van der Waals surface area contributed by atoms with Gasteiger partial charge in [0, 0.05) is 12.3 Å². The maximum Gasteiger partial charge on any atom is 0.173 e. The first-order valence-corrected chi connectivity index (χ1v) is 9.22. The lowest BCUT2D eigenvalue weighted by molar-refractivity contribution is -0.186. The zero-order valence-corrected chi connectivity index (χ0v) is 14.8. The molecule has 1 saturated carbocycles. The number of allylic oxidation sites excluding steroid dienone is 2. The van der Waals surface area contributed by atoms with Gasteiger partial charge in [-0.15, -0.1) is 0 Å². The van der Waals surface area contributed by atoms with Crippen LogP contribution in [0.5, 0.6) is 0 Å². The van der Waals surface area contributed by atoms with Crippen molar-refractivity contribution in [3.63, 3.8) is 0 Å². The lowest BCUT2D eigenvalue weighted by Crippen LogP contribution is -2.34. The number of hydrogen-bond donors (Lipinski definition) is 2. The predicted molar refractivity (Wildman–Crippen MR) is 89.6 cm³/mol. The molecule has 0 aromatic carbocycles. The summed E-state index contributed by atoms with van der Waals surface area (Å²) in [4.78, 5) is 0. The van der Waals surface area contributed by atoms with Crippen molar-refractivity contribution in [3.8, 4) is 0 Å². The van der Waals surface area contributed by atoms with Crippen LogP contribution >= 0.6 is 0 Å². The van der Waals surface area contributed by atoms with Gasteiger partial charge in [0.25, 0.3) is 0 Å². The summed E-state index contributed by atoms with van der Waals surface area (Å²) in [6.07, 6.45) is 5.57. The molecule has 23 heavy (non-hydrogen) atoms. The molecule has 4 rings (SSSR count). The van der Waals surface area contributed by atoms with Gasteiger partial charge in [-0.1, -0.05) is 39.3 Å². The topological polar surface area (TPSA) is 49.7 Å². The van der Waals surface area contributed by atoms with Gasteiger partial charge < -0.3 is 14.9 Å². The second-order valence-electron chi connectivity index (χ2n) is 9.01. The first-order chi connectivity index (χ1) is 10.8. The van der Waals surface area contributed by atoms with Gasteiger partial charge in [-0.25, -0.2) is 0 Å². The van der Waals surface area contributed by atoms with Gasteiger partial charge >= 0.3 is 0 Å². The van der Waals surface area contributed by atoms with Gasteiger partial charge in [0.1, 0.15) is 0 Å². The number of rotatable bonds is 1. The monoisotopic (exact) mass is 318 g/mol. The SMILES string of the molecule is CC(C)C1=C2C/C=C3/CO[C@]4(O)C[C@H](C)[C@H](C[C@@]2(C)C[C@@H]1O)[C@H]34. The third-order valence-electron chi connectivity index (χ3n) is 7.10. The minimum atomic E-state index is -0.939. The number of ether oxygens (including phenoxy) is 1. The van der Waals surface area contributed by atoms with Gasteiger partial charge in [-0.05, 0) is 53.6 Å². The lowest BCUT2D eigenvalue weighted by Gasteiger charge is -2.37. The molecule has 3 heteroatoms. The van der Waals surface area contributed by atoms with E-state index in [1.165, 1.54) is 16.7 Å². The Morgan fingerprint density at radius 1 is 1.26 bits per heavy atom. The van der Waals surface area contributed by atoms with E-state index < -0.39 is 5.79 Å². The van der Waals surface area contributed by atoms with Gasteiger partial charge in [0.15, 0.2) is 5.79 Å². The largest absolute Gasteiger partial charge is 0.389 e. The van der Waals surface area contributed by atoms with Crippen LogP contribution in [0.3, 0.4) is 0 Å². The Labute approximate surface area is 139 Å². The Balaban J connectivity index is 1.81. The van der Waals surface area contributed by atoms with E-state index in [1.54, 1.807) is 0 Å². The van der Waals surface area contributed by atoms with Gasteiger partial charge in [0.2, 0.25) is 0 Å². The van der Waals surface area contributed by atoms with Crippen LogP contribution in [0.25, 0.3) is 0 Å². The third kappa shape index (κ3) is 2.13. The molecule has 2 fully saturated rings. The summed E-state index contributed by atoms with van der Waals surface area (Å²) in [5.74, 6) is 0.535. The Kier molecular flexibility index (Phi) is 3.40. The maximum atomic E-state index is 10.9. The molecule has 128 valence electrons. The van der Waals surface area contributed by atoms with Crippen molar-refractivity contribution in [1.82, 2.24) is 0 Å². The second-order valence-corrected chi connectivity index (χ2v) is 9.01. The van der Waals surface area contributed by atoms with Crippen molar-refractivity contribution in [3.05, 3.63) is 22.8 Å². The van der Waals surface area contributed by atoms with Crippen LogP contribution in [0, 0.1) is 29.1 Å². The molecule has 0 amide bonds. The van der Waals surface area contributed by atoms with Crippen molar-refractivity contribution in [2.75, 3.05) is 6.61 Å². The number of hydrogen-bond acceptors (Lipinski definition) is 3. The first-order valence-electron chi connectivity index (χ1n) is 9.22. The zero-order valence-electron chi connectivity index (χ0n) is 14.8. The van der Waals surface area contributed by atoms with Crippen LogP contribution in [-0.4, -0.2) is 28.7 Å². The molecule has 1 saturated heterocycles. The van der Waals surface area contributed by atoms with Gasteiger partial charge in [-0.3, -0.25) is 0 Å². The average molecular weight is 318 g/mol. The Morgan fingerprint density at radius 3 is 2.70 bits per heavy atom. The normalized spacial score (nSPS) is 51.3. The van der Waals surface area contributed by atoms with E-state index in [0.717, 1.165) is 25.7 Å². The lowest BCUT2D eigenvalue weighted by atomic mass is 9.67. The van der Waals surface area contributed by atoms with E-state index in [4.69, 9.17) is 4.74 Å². The van der Waals surface area contributed by atoms with Crippen LogP contribution in [0.2, 0.25) is 0 Å². The molecule has 6 atom stereocenters. The fourth-order valence-electron chi connectivity index (χ4n) is 6.19. The van der Waals surface area contributed by atoms with Crippen LogP contribution in [0.4, 0.5) is 0 Å². The van der Waals surface area contributed by atoms with E-state index >= 15 is 0 Å². The molecular formula is C20H30O3. The summed E-state index contributed by atoms with van der Waals surface area (Å²) in [5, 5.41) is 21.6. The second kappa shape index (κ2) is 4.93. The Hall–Kier alpha value is -0.640. The molecule has 3 nitrogen and oxygen atoms in total. The summed E-state index contributed by atoms with van der Waals surface area (Å²) >= 11 is 0. The fourth-order valence-corrected chi connectivity index (χ4v) is 6.19. The summed E-state index contributed by atoms with van der Waals surface area (Å²) in [7, 11) is 0. The van der Waals surface area contributed by atoms with Crippen molar-refractivity contribution in [2.24, 2.45) is 29.1 Å². The Morgan fingerprint density at radius 2 is 2.00 bits per heavy atom. The molecule has 0 spiro atoms. The Bertz CT molecular complexity index is 590.